The van der Waals surface area contributed by atoms with Crippen molar-refractivity contribution in [3.8, 4) is 5.75 Å². The highest BCUT2D eigenvalue weighted by Crippen LogP contribution is 2.18. The lowest BCUT2D eigenvalue weighted by molar-refractivity contribution is 0.0843. The molecule has 0 aromatic heterocycles. The molecule has 2 N–H and O–H groups in total. The van der Waals surface area contributed by atoms with Crippen LogP contribution in [0.3, 0.4) is 0 Å². The van der Waals surface area contributed by atoms with Crippen molar-refractivity contribution in [2.45, 2.75) is 32.3 Å². The summed E-state index contributed by atoms with van der Waals surface area (Å²) in [5.74, 6) is 0.877. The predicted octanol–water partition coefficient (Wildman–Crippen LogP) is 1.79. The van der Waals surface area contributed by atoms with Gasteiger partial charge < -0.3 is 20.1 Å². The van der Waals surface area contributed by atoms with Gasteiger partial charge in [0.1, 0.15) is 5.75 Å². The van der Waals surface area contributed by atoms with Gasteiger partial charge in [-0.3, -0.25) is 0 Å². The Bertz CT molecular complexity index is 465. The fourth-order valence-electron chi connectivity index (χ4n) is 2.56. The van der Waals surface area contributed by atoms with Crippen LogP contribution in [0.4, 0.5) is 4.79 Å². The molecular formula is C16H24N2O3. The molecule has 0 aliphatic carbocycles. The van der Waals surface area contributed by atoms with Crippen LogP contribution in [0.1, 0.15) is 25.3 Å². The molecule has 0 radical (unpaired) electrons. The van der Waals surface area contributed by atoms with Crippen molar-refractivity contribution >= 4 is 6.03 Å². The van der Waals surface area contributed by atoms with Crippen LogP contribution < -0.4 is 10.1 Å². The van der Waals surface area contributed by atoms with Gasteiger partial charge in [0.2, 0.25) is 0 Å². The zero-order valence-corrected chi connectivity index (χ0v) is 12.5. The Morgan fingerprint density at radius 3 is 3.05 bits per heavy atom. The van der Waals surface area contributed by atoms with Gasteiger partial charge in [-0.2, -0.15) is 0 Å². The Labute approximate surface area is 125 Å². The number of carbonyl (C=O) groups is 1. The van der Waals surface area contributed by atoms with Gasteiger partial charge in [0.05, 0.1) is 12.7 Å². The van der Waals surface area contributed by atoms with Crippen molar-refractivity contribution in [2.24, 2.45) is 0 Å². The lowest BCUT2D eigenvalue weighted by atomic mass is 10.1. The first-order valence-corrected chi connectivity index (χ1v) is 7.62. The van der Waals surface area contributed by atoms with Gasteiger partial charge in [-0.15, -0.1) is 0 Å². The summed E-state index contributed by atoms with van der Waals surface area (Å²) in [7, 11) is 0. The number of hydrogen-bond donors (Lipinski definition) is 2. The fraction of sp³-hybridized carbons (Fsp3) is 0.562. The summed E-state index contributed by atoms with van der Waals surface area (Å²) in [4.78, 5) is 13.7. The number of likely N-dealkylation sites (tertiary alicyclic amines) is 1. The molecular weight excluding hydrogens is 268 g/mol. The first-order chi connectivity index (χ1) is 10.2. The number of aliphatic hydroxyl groups is 1. The third-order valence-electron chi connectivity index (χ3n) is 3.63. The number of urea groups is 1. The maximum Gasteiger partial charge on any atom is 0.317 e. The molecule has 1 fully saturated rings. The average molecular weight is 292 g/mol. The number of piperidine rings is 1. The molecule has 1 aliphatic rings. The van der Waals surface area contributed by atoms with Crippen LogP contribution in [-0.2, 0) is 6.42 Å². The summed E-state index contributed by atoms with van der Waals surface area (Å²) in [6.45, 7) is 4.31. The van der Waals surface area contributed by atoms with E-state index in [1.54, 1.807) is 4.90 Å². The molecule has 2 amide bonds. The van der Waals surface area contributed by atoms with Gasteiger partial charge in [-0.05, 0) is 37.8 Å². The van der Waals surface area contributed by atoms with E-state index < -0.39 is 0 Å². The topological polar surface area (TPSA) is 61.8 Å². The second kappa shape index (κ2) is 7.88. The van der Waals surface area contributed by atoms with Crippen LogP contribution in [0.15, 0.2) is 24.3 Å². The van der Waals surface area contributed by atoms with E-state index in [-0.39, 0.29) is 12.1 Å². The van der Waals surface area contributed by atoms with Gasteiger partial charge >= 0.3 is 6.03 Å². The number of para-hydroxylation sites is 1. The third-order valence-corrected chi connectivity index (χ3v) is 3.63. The second-order valence-corrected chi connectivity index (χ2v) is 5.26. The Balaban J connectivity index is 1.80. The molecule has 1 atom stereocenters. The van der Waals surface area contributed by atoms with Gasteiger partial charge in [0.15, 0.2) is 0 Å². The minimum absolute atomic E-state index is 0.0948. The molecule has 5 nitrogen and oxygen atoms in total. The number of amides is 2. The first-order valence-electron chi connectivity index (χ1n) is 7.62. The molecule has 5 heteroatoms. The third kappa shape index (κ3) is 4.63. The van der Waals surface area contributed by atoms with E-state index in [9.17, 15) is 9.90 Å². The van der Waals surface area contributed by atoms with Crippen LogP contribution in [0.5, 0.6) is 5.75 Å². The van der Waals surface area contributed by atoms with E-state index in [2.05, 4.69) is 5.32 Å². The van der Waals surface area contributed by atoms with Gasteiger partial charge in [-0.1, -0.05) is 18.2 Å². The molecule has 1 aromatic carbocycles. The molecule has 1 aliphatic heterocycles. The van der Waals surface area contributed by atoms with Gasteiger partial charge in [-0.25, -0.2) is 4.79 Å². The number of nitrogens with one attached hydrogen (secondary N) is 1. The van der Waals surface area contributed by atoms with E-state index >= 15 is 0 Å². The fourth-order valence-corrected chi connectivity index (χ4v) is 2.56. The van der Waals surface area contributed by atoms with Crippen LogP contribution >= 0.6 is 0 Å². The molecule has 2 rings (SSSR count). The molecule has 116 valence electrons. The van der Waals surface area contributed by atoms with E-state index in [1.165, 1.54) is 0 Å². The number of nitrogens with zero attached hydrogens (tertiary/aromatic N) is 1. The molecule has 1 aromatic rings. The quantitative estimate of drug-likeness (QED) is 0.870. The van der Waals surface area contributed by atoms with Crippen molar-refractivity contribution in [1.29, 1.82) is 0 Å². The highest BCUT2D eigenvalue weighted by molar-refractivity contribution is 5.74. The molecule has 1 heterocycles. The summed E-state index contributed by atoms with van der Waals surface area (Å²) in [6.07, 6.45) is 1.99. The molecule has 1 saturated heterocycles. The molecule has 0 spiro atoms. The normalized spacial score (nSPS) is 18.4. The smallest absolute Gasteiger partial charge is 0.317 e. The Morgan fingerprint density at radius 1 is 1.48 bits per heavy atom. The van der Waals surface area contributed by atoms with Crippen LogP contribution in [-0.4, -0.2) is 48.4 Å². The zero-order valence-electron chi connectivity index (χ0n) is 12.5. The number of β-amino-alcohol motifs (C(OH)–C–C–N with tert-alkyl or cyclic N) is 1. The Morgan fingerprint density at radius 2 is 2.29 bits per heavy atom. The SMILES string of the molecule is CCOc1ccccc1CCNC(=O)N1CCC[C@@H](O)C1. The van der Waals surface area contributed by atoms with Crippen molar-refractivity contribution in [2.75, 3.05) is 26.2 Å². The highest BCUT2D eigenvalue weighted by Gasteiger charge is 2.21. The van der Waals surface area contributed by atoms with Gasteiger partial charge in [0, 0.05) is 19.6 Å². The molecule has 0 bridgehead atoms. The van der Waals surface area contributed by atoms with E-state index in [0.717, 1.165) is 37.1 Å². The maximum absolute atomic E-state index is 12.0. The number of rotatable bonds is 5. The number of ether oxygens (including phenoxy) is 1. The summed E-state index contributed by atoms with van der Waals surface area (Å²) in [5.41, 5.74) is 1.10. The zero-order chi connectivity index (χ0) is 15.1. The number of carbonyl (C=O) groups excluding carboxylic acids is 1. The number of hydrogen-bond acceptors (Lipinski definition) is 3. The maximum atomic E-state index is 12.0. The van der Waals surface area contributed by atoms with Gasteiger partial charge in [0.25, 0.3) is 0 Å². The van der Waals surface area contributed by atoms with E-state index in [4.69, 9.17) is 4.74 Å². The highest BCUT2D eigenvalue weighted by atomic mass is 16.5. The predicted molar refractivity (Wildman–Crippen MR) is 81.5 cm³/mol. The average Bonchev–Trinajstić information content (AvgIpc) is 2.49. The van der Waals surface area contributed by atoms with E-state index in [0.29, 0.717) is 19.7 Å². The summed E-state index contributed by atoms with van der Waals surface area (Å²) in [5, 5.41) is 12.5. The Kier molecular flexibility index (Phi) is 5.87. The van der Waals surface area contributed by atoms with Crippen LogP contribution in [0.2, 0.25) is 0 Å². The van der Waals surface area contributed by atoms with Crippen molar-refractivity contribution in [1.82, 2.24) is 10.2 Å². The standard InChI is InChI=1S/C16H24N2O3/c1-2-21-15-8-4-3-6-13(15)9-10-17-16(20)18-11-5-7-14(19)12-18/h3-4,6,8,14,19H,2,5,7,9-12H2,1H3,(H,17,20)/t14-/m1/s1. The number of benzene rings is 1. The van der Waals surface area contributed by atoms with Crippen molar-refractivity contribution < 1.29 is 14.6 Å². The van der Waals surface area contributed by atoms with Crippen molar-refractivity contribution in [3.63, 3.8) is 0 Å². The van der Waals surface area contributed by atoms with Crippen molar-refractivity contribution in [3.05, 3.63) is 29.8 Å². The second-order valence-electron chi connectivity index (χ2n) is 5.26. The van der Waals surface area contributed by atoms with E-state index in [1.807, 2.05) is 31.2 Å². The summed E-state index contributed by atoms with van der Waals surface area (Å²) >= 11 is 0. The monoisotopic (exact) mass is 292 g/mol. The molecule has 0 unspecified atom stereocenters. The lowest BCUT2D eigenvalue weighted by Crippen LogP contribution is -2.47. The molecule has 0 saturated carbocycles. The largest absolute Gasteiger partial charge is 0.494 e. The van der Waals surface area contributed by atoms with Crippen LogP contribution in [0, 0.1) is 0 Å². The first kappa shape index (κ1) is 15.6. The lowest BCUT2D eigenvalue weighted by Gasteiger charge is -2.30. The molecule has 21 heavy (non-hydrogen) atoms. The number of aliphatic hydroxyl groups excluding tert-OH is 1. The minimum Gasteiger partial charge on any atom is -0.494 e. The summed E-state index contributed by atoms with van der Waals surface area (Å²) in [6, 6.07) is 7.79. The summed E-state index contributed by atoms with van der Waals surface area (Å²) < 4.78 is 5.57. The minimum atomic E-state index is -0.386. The Hall–Kier alpha value is -1.75. The van der Waals surface area contributed by atoms with Crippen LogP contribution in [0.25, 0.3) is 0 Å².